The normalized spacial score (nSPS) is 15.5. The maximum atomic E-state index is 12.1. The summed E-state index contributed by atoms with van der Waals surface area (Å²) in [5.41, 5.74) is 0.649. The molecule has 26 heavy (non-hydrogen) atoms. The molecule has 136 valence electrons. The van der Waals surface area contributed by atoms with E-state index in [0.717, 1.165) is 29.5 Å². The van der Waals surface area contributed by atoms with E-state index in [2.05, 4.69) is 11.1 Å². The van der Waals surface area contributed by atoms with E-state index < -0.39 is 5.60 Å². The molecule has 1 aliphatic heterocycles. The summed E-state index contributed by atoms with van der Waals surface area (Å²) >= 11 is 0. The smallest absolute Gasteiger partial charge is 0.410 e. The fraction of sp³-hybridized carbons (Fsp3) is 0.450. The number of ether oxygens (including phenoxy) is 2. The average Bonchev–Trinajstić information content (AvgIpc) is 2.60. The maximum Gasteiger partial charge on any atom is 0.410 e. The fourth-order valence-electron chi connectivity index (χ4n) is 2.95. The van der Waals surface area contributed by atoms with Crippen LogP contribution in [0.1, 0.15) is 39.3 Å². The minimum absolute atomic E-state index is 0.0370. The zero-order chi connectivity index (χ0) is 18.7. The highest BCUT2D eigenvalue weighted by atomic mass is 16.6. The largest absolute Gasteiger partial charge is 0.490 e. The van der Waals surface area contributed by atoms with Gasteiger partial charge in [0.1, 0.15) is 29.2 Å². The van der Waals surface area contributed by atoms with Crippen molar-refractivity contribution in [2.75, 3.05) is 13.1 Å². The van der Waals surface area contributed by atoms with Crippen LogP contribution < -0.4 is 4.74 Å². The number of nitriles is 1. The monoisotopic (exact) mass is 353 g/mol. The van der Waals surface area contributed by atoms with Gasteiger partial charge >= 0.3 is 6.09 Å². The number of likely N-dealkylation sites (tertiary alicyclic amines) is 1. The summed E-state index contributed by atoms with van der Waals surface area (Å²) in [6.45, 7) is 6.83. The zero-order valence-electron chi connectivity index (χ0n) is 15.4. The number of hydrogen-bond acceptors (Lipinski definition) is 5. The number of hydrogen-bond donors (Lipinski definition) is 0. The molecule has 3 rings (SSSR count). The summed E-state index contributed by atoms with van der Waals surface area (Å²) in [4.78, 5) is 18.2. The van der Waals surface area contributed by atoms with Crippen LogP contribution in [0.25, 0.3) is 10.9 Å². The second kappa shape index (κ2) is 7.20. The number of nitrogens with zero attached hydrogens (tertiary/aromatic N) is 3. The van der Waals surface area contributed by atoms with Gasteiger partial charge in [0.05, 0.1) is 5.52 Å². The summed E-state index contributed by atoms with van der Waals surface area (Å²) in [7, 11) is 0. The lowest BCUT2D eigenvalue weighted by molar-refractivity contribution is 0.0128. The standard InChI is InChI=1S/C20H23N3O3/c1-20(2,3)26-19(24)23-11-9-15(10-12-23)25-18-6-4-5-17-16(18)8-7-14(13-21)22-17/h4-8,15H,9-12H2,1-3H3. The van der Waals surface area contributed by atoms with Crippen molar-refractivity contribution in [2.24, 2.45) is 0 Å². The van der Waals surface area contributed by atoms with E-state index >= 15 is 0 Å². The molecule has 0 saturated carbocycles. The van der Waals surface area contributed by atoms with Gasteiger partial charge in [-0.15, -0.1) is 0 Å². The van der Waals surface area contributed by atoms with Crippen molar-refractivity contribution in [3.63, 3.8) is 0 Å². The van der Waals surface area contributed by atoms with Gasteiger partial charge in [-0.2, -0.15) is 5.26 Å². The SMILES string of the molecule is CC(C)(C)OC(=O)N1CCC(Oc2cccc3nc(C#N)ccc23)CC1. The van der Waals surface area contributed by atoms with Crippen LogP contribution in [0.5, 0.6) is 5.75 Å². The third-order valence-electron chi connectivity index (χ3n) is 4.19. The Morgan fingerprint density at radius 1 is 1.23 bits per heavy atom. The molecule has 1 aromatic carbocycles. The molecule has 0 bridgehead atoms. The van der Waals surface area contributed by atoms with Crippen molar-refractivity contribution < 1.29 is 14.3 Å². The highest BCUT2D eigenvalue weighted by molar-refractivity contribution is 5.85. The molecule has 0 spiro atoms. The Kier molecular flexibility index (Phi) is 4.99. The number of fused-ring (bicyclic) bond motifs is 1. The molecule has 2 aromatic rings. The van der Waals surface area contributed by atoms with Crippen molar-refractivity contribution in [2.45, 2.75) is 45.3 Å². The van der Waals surface area contributed by atoms with Crippen molar-refractivity contribution in [1.29, 1.82) is 5.26 Å². The van der Waals surface area contributed by atoms with Gasteiger partial charge in [0.25, 0.3) is 0 Å². The van der Waals surface area contributed by atoms with Crippen molar-refractivity contribution >= 4 is 17.0 Å². The molecule has 1 amide bonds. The Morgan fingerprint density at radius 3 is 2.62 bits per heavy atom. The van der Waals surface area contributed by atoms with Crippen molar-refractivity contribution in [3.8, 4) is 11.8 Å². The lowest BCUT2D eigenvalue weighted by Gasteiger charge is -2.33. The first kappa shape index (κ1) is 18.0. The summed E-state index contributed by atoms with van der Waals surface area (Å²) < 4.78 is 11.6. The summed E-state index contributed by atoms with van der Waals surface area (Å²) in [6, 6.07) is 11.3. The van der Waals surface area contributed by atoms with Gasteiger partial charge in [0.2, 0.25) is 0 Å². The molecule has 2 heterocycles. The number of amides is 1. The van der Waals surface area contributed by atoms with E-state index in [4.69, 9.17) is 14.7 Å². The molecule has 0 unspecified atom stereocenters. The molecule has 1 aliphatic rings. The Hall–Kier alpha value is -2.81. The average molecular weight is 353 g/mol. The van der Waals surface area contributed by atoms with Crippen LogP contribution in [0.3, 0.4) is 0 Å². The van der Waals surface area contributed by atoms with Crippen LogP contribution in [0.15, 0.2) is 30.3 Å². The van der Waals surface area contributed by atoms with Gasteiger partial charge < -0.3 is 14.4 Å². The van der Waals surface area contributed by atoms with E-state index in [0.29, 0.717) is 18.8 Å². The van der Waals surface area contributed by atoms with Gasteiger partial charge in [-0.25, -0.2) is 9.78 Å². The van der Waals surface area contributed by atoms with Crippen LogP contribution in [0.2, 0.25) is 0 Å². The van der Waals surface area contributed by atoms with Crippen LogP contribution in [0.4, 0.5) is 4.79 Å². The van der Waals surface area contributed by atoms with Gasteiger partial charge in [-0.3, -0.25) is 0 Å². The number of carbonyl (C=O) groups is 1. The summed E-state index contributed by atoms with van der Waals surface area (Å²) in [6.07, 6.45) is 1.27. The third-order valence-corrected chi connectivity index (χ3v) is 4.19. The number of rotatable bonds is 2. The molecule has 0 N–H and O–H groups in total. The predicted octanol–water partition coefficient (Wildman–Crippen LogP) is 3.88. The first-order valence-corrected chi connectivity index (χ1v) is 8.80. The van der Waals surface area contributed by atoms with E-state index in [-0.39, 0.29) is 12.2 Å². The highest BCUT2D eigenvalue weighted by Gasteiger charge is 2.27. The van der Waals surface area contributed by atoms with Crippen molar-refractivity contribution in [3.05, 3.63) is 36.0 Å². The van der Waals surface area contributed by atoms with Crippen LogP contribution >= 0.6 is 0 Å². The summed E-state index contributed by atoms with van der Waals surface area (Å²) in [5.74, 6) is 0.759. The van der Waals surface area contributed by atoms with Crippen LogP contribution in [-0.2, 0) is 4.74 Å². The molecule has 0 aliphatic carbocycles. The number of benzene rings is 1. The van der Waals surface area contributed by atoms with Gasteiger partial charge in [0.15, 0.2) is 0 Å². The second-order valence-corrected chi connectivity index (χ2v) is 7.42. The molecule has 6 heteroatoms. The molecule has 0 atom stereocenters. The Bertz CT molecular complexity index is 843. The fourth-order valence-corrected chi connectivity index (χ4v) is 2.95. The first-order chi connectivity index (χ1) is 12.4. The lowest BCUT2D eigenvalue weighted by atomic mass is 10.1. The predicted molar refractivity (Wildman–Crippen MR) is 97.9 cm³/mol. The number of pyridine rings is 1. The molecule has 1 saturated heterocycles. The molecular weight excluding hydrogens is 330 g/mol. The number of carbonyl (C=O) groups excluding carboxylic acids is 1. The van der Waals surface area contributed by atoms with E-state index in [9.17, 15) is 4.79 Å². The maximum absolute atomic E-state index is 12.1. The minimum Gasteiger partial charge on any atom is -0.490 e. The van der Waals surface area contributed by atoms with Crippen LogP contribution in [-0.4, -0.2) is 40.8 Å². The van der Waals surface area contributed by atoms with E-state index in [1.165, 1.54) is 0 Å². The van der Waals surface area contributed by atoms with Crippen molar-refractivity contribution in [1.82, 2.24) is 9.88 Å². The topological polar surface area (TPSA) is 75.4 Å². The molecule has 1 fully saturated rings. The quantitative estimate of drug-likeness (QED) is 0.819. The lowest BCUT2D eigenvalue weighted by Crippen LogP contribution is -2.44. The van der Waals surface area contributed by atoms with Gasteiger partial charge in [0, 0.05) is 31.3 Å². The highest BCUT2D eigenvalue weighted by Crippen LogP contribution is 2.28. The third kappa shape index (κ3) is 4.23. The van der Waals surface area contributed by atoms with Crippen LogP contribution in [0, 0.1) is 11.3 Å². The molecule has 6 nitrogen and oxygen atoms in total. The summed E-state index contributed by atoms with van der Waals surface area (Å²) in [5, 5.41) is 9.87. The Balaban J connectivity index is 1.64. The second-order valence-electron chi connectivity index (χ2n) is 7.42. The van der Waals surface area contributed by atoms with E-state index in [1.54, 1.807) is 11.0 Å². The Morgan fingerprint density at radius 2 is 1.96 bits per heavy atom. The van der Waals surface area contributed by atoms with E-state index in [1.807, 2.05) is 45.0 Å². The minimum atomic E-state index is -0.483. The number of piperidine rings is 1. The van der Waals surface area contributed by atoms with Gasteiger partial charge in [-0.05, 0) is 45.0 Å². The van der Waals surface area contributed by atoms with Gasteiger partial charge in [-0.1, -0.05) is 6.07 Å². The zero-order valence-corrected chi connectivity index (χ0v) is 15.4. The number of aromatic nitrogens is 1. The first-order valence-electron chi connectivity index (χ1n) is 8.80. The molecule has 1 aromatic heterocycles. The molecular formula is C20H23N3O3. The molecule has 0 radical (unpaired) electrons. The Labute approximate surface area is 153 Å².